The Bertz CT molecular complexity index is 1980. The third-order valence-electron chi connectivity index (χ3n) is 6.54. The molecule has 12 nitrogen and oxygen atoms in total. The third-order valence-corrected chi connectivity index (χ3v) is 7.52. The van der Waals surface area contributed by atoms with Gasteiger partial charge < -0.3 is 18.6 Å². The number of methoxy groups -OCH3 is 1. The lowest BCUT2D eigenvalue weighted by molar-refractivity contribution is -0.384. The van der Waals surface area contributed by atoms with Gasteiger partial charge in [-0.15, -0.1) is 0 Å². The quantitative estimate of drug-likeness (QED) is 0.126. The molecule has 0 amide bonds. The summed E-state index contributed by atoms with van der Waals surface area (Å²) in [6.07, 6.45) is 1.52. The minimum absolute atomic E-state index is 0.111. The van der Waals surface area contributed by atoms with Crippen molar-refractivity contribution in [3.8, 4) is 22.8 Å². The minimum atomic E-state index is -0.933. The first-order valence-corrected chi connectivity index (χ1v) is 13.8. The molecule has 1 aliphatic rings. The van der Waals surface area contributed by atoms with Gasteiger partial charge in [-0.25, -0.2) is 9.79 Å². The van der Waals surface area contributed by atoms with Crippen LogP contribution in [-0.4, -0.2) is 35.1 Å². The Morgan fingerprint density at radius 1 is 1.16 bits per heavy atom. The van der Waals surface area contributed by atoms with E-state index in [9.17, 15) is 24.5 Å². The fourth-order valence-electron chi connectivity index (χ4n) is 4.75. The van der Waals surface area contributed by atoms with Crippen LogP contribution in [0.2, 0.25) is 0 Å². The number of hydrogen-bond acceptors (Lipinski definition) is 11. The molecular weight excluding hydrogens is 578 g/mol. The SMILES string of the molecule is CCOC(=O)C1=C(C)N=c2sc(=Cc3ccc(-c4ccccc4[N+](=O)[O-])o3)c(=O)n2[C@@H]1c1ccc(OC(C)=O)c(OC)c1. The van der Waals surface area contributed by atoms with E-state index in [-0.39, 0.29) is 39.7 Å². The number of nitro benzene ring substituents is 1. The fourth-order valence-corrected chi connectivity index (χ4v) is 5.77. The molecule has 0 N–H and O–H groups in total. The van der Waals surface area contributed by atoms with Gasteiger partial charge in [-0.1, -0.05) is 29.5 Å². The predicted octanol–water partition coefficient (Wildman–Crippen LogP) is 3.90. The number of carbonyl (C=O) groups excluding carboxylic acids is 2. The molecule has 13 heteroatoms. The van der Waals surface area contributed by atoms with Crippen LogP contribution in [0, 0.1) is 10.1 Å². The van der Waals surface area contributed by atoms with Gasteiger partial charge in [0.1, 0.15) is 11.5 Å². The van der Waals surface area contributed by atoms with Crippen LogP contribution in [-0.2, 0) is 14.3 Å². The van der Waals surface area contributed by atoms with Crippen LogP contribution in [0.15, 0.2) is 80.1 Å². The second-order valence-electron chi connectivity index (χ2n) is 9.28. The molecule has 0 unspecified atom stereocenters. The van der Waals surface area contributed by atoms with Gasteiger partial charge in [0.15, 0.2) is 16.3 Å². The highest BCUT2D eigenvalue weighted by Crippen LogP contribution is 2.36. The largest absolute Gasteiger partial charge is 0.493 e. The van der Waals surface area contributed by atoms with Crippen molar-refractivity contribution in [2.45, 2.75) is 26.8 Å². The third kappa shape index (κ3) is 5.62. The minimum Gasteiger partial charge on any atom is -0.493 e. The normalized spacial score (nSPS) is 14.6. The molecule has 3 heterocycles. The van der Waals surface area contributed by atoms with Crippen molar-refractivity contribution in [3.05, 3.63) is 107 Å². The maximum absolute atomic E-state index is 13.9. The van der Waals surface area contributed by atoms with Gasteiger partial charge in [-0.3, -0.25) is 24.3 Å². The summed E-state index contributed by atoms with van der Waals surface area (Å²) in [5.74, 6) is -0.202. The zero-order valence-electron chi connectivity index (χ0n) is 23.5. The van der Waals surface area contributed by atoms with Gasteiger partial charge >= 0.3 is 11.9 Å². The summed E-state index contributed by atoms with van der Waals surface area (Å²) in [7, 11) is 1.41. The number of thiazole rings is 1. The van der Waals surface area contributed by atoms with Gasteiger partial charge in [-0.05, 0) is 49.7 Å². The molecule has 5 rings (SSSR count). The lowest BCUT2D eigenvalue weighted by Gasteiger charge is -2.25. The van der Waals surface area contributed by atoms with Crippen molar-refractivity contribution < 1.29 is 33.1 Å². The van der Waals surface area contributed by atoms with Crippen LogP contribution in [0.1, 0.15) is 38.1 Å². The molecule has 0 saturated heterocycles. The van der Waals surface area contributed by atoms with E-state index in [1.807, 2.05) is 0 Å². The molecule has 0 fully saturated rings. The van der Waals surface area contributed by atoms with Gasteiger partial charge in [0, 0.05) is 19.1 Å². The lowest BCUT2D eigenvalue weighted by Crippen LogP contribution is -2.39. The van der Waals surface area contributed by atoms with E-state index in [2.05, 4.69) is 4.99 Å². The van der Waals surface area contributed by atoms with Gasteiger partial charge in [0.2, 0.25) is 0 Å². The van der Waals surface area contributed by atoms with Crippen molar-refractivity contribution in [2.75, 3.05) is 13.7 Å². The van der Waals surface area contributed by atoms with Crippen molar-refractivity contribution in [2.24, 2.45) is 4.99 Å². The molecule has 1 aliphatic heterocycles. The maximum atomic E-state index is 13.9. The predicted molar refractivity (Wildman–Crippen MR) is 156 cm³/mol. The monoisotopic (exact) mass is 603 g/mol. The molecule has 220 valence electrons. The topological polar surface area (TPSA) is 152 Å². The van der Waals surface area contributed by atoms with Gasteiger partial charge in [0.25, 0.3) is 11.2 Å². The highest BCUT2D eigenvalue weighted by molar-refractivity contribution is 7.07. The second-order valence-corrected chi connectivity index (χ2v) is 10.3. The molecule has 2 aromatic heterocycles. The molecule has 2 aromatic carbocycles. The van der Waals surface area contributed by atoms with E-state index in [0.29, 0.717) is 27.4 Å². The molecule has 0 spiro atoms. The van der Waals surface area contributed by atoms with Crippen LogP contribution in [0.25, 0.3) is 17.4 Å². The van der Waals surface area contributed by atoms with Crippen LogP contribution in [0.4, 0.5) is 5.69 Å². The Hall–Kier alpha value is -5.30. The van der Waals surface area contributed by atoms with Crippen LogP contribution in [0.3, 0.4) is 0 Å². The number of aromatic nitrogens is 1. The highest BCUT2D eigenvalue weighted by Gasteiger charge is 2.34. The summed E-state index contributed by atoms with van der Waals surface area (Å²) in [5, 5.41) is 11.5. The molecular formula is C30H25N3O9S. The lowest BCUT2D eigenvalue weighted by atomic mass is 9.95. The molecule has 1 atom stereocenters. The first-order valence-electron chi connectivity index (χ1n) is 13.0. The Morgan fingerprint density at radius 3 is 2.63 bits per heavy atom. The zero-order chi connectivity index (χ0) is 30.8. The number of carbonyl (C=O) groups is 2. The maximum Gasteiger partial charge on any atom is 0.338 e. The number of esters is 2. The summed E-state index contributed by atoms with van der Waals surface area (Å²) in [6.45, 7) is 4.71. The van der Waals surface area contributed by atoms with E-state index in [1.165, 1.54) is 36.8 Å². The van der Waals surface area contributed by atoms with Crippen molar-refractivity contribution in [3.63, 3.8) is 0 Å². The smallest absolute Gasteiger partial charge is 0.338 e. The van der Waals surface area contributed by atoms with E-state index in [1.54, 1.807) is 56.3 Å². The Labute approximate surface area is 247 Å². The number of hydrogen-bond donors (Lipinski definition) is 0. The van der Waals surface area contributed by atoms with E-state index >= 15 is 0 Å². The molecule has 0 saturated carbocycles. The number of furan rings is 1. The molecule has 0 radical (unpaired) electrons. The van der Waals surface area contributed by atoms with Crippen LogP contribution in [0.5, 0.6) is 11.5 Å². The standard InChI is InChI=1S/C30H25N3O9S/c1-5-40-29(36)26-16(2)31-30-32(27(26)18-10-12-23(41-17(3)34)24(14-18)39-4)28(35)25(43-30)15-19-11-13-22(42-19)20-8-6-7-9-21(20)33(37)38/h6-15,27H,5H2,1-4H3/t27-/m1/s1. The van der Waals surface area contributed by atoms with E-state index < -0.39 is 28.5 Å². The summed E-state index contributed by atoms with van der Waals surface area (Å²) in [6, 6.07) is 13.2. The fraction of sp³-hybridized carbons (Fsp3) is 0.200. The Kier molecular flexibility index (Phi) is 8.08. The molecule has 0 aliphatic carbocycles. The van der Waals surface area contributed by atoms with Gasteiger partial charge in [0.05, 0.1) is 46.0 Å². The number of para-hydroxylation sites is 1. The second kappa shape index (κ2) is 11.9. The average Bonchev–Trinajstić information content (AvgIpc) is 3.56. The molecule has 4 aromatic rings. The van der Waals surface area contributed by atoms with E-state index in [0.717, 1.165) is 11.3 Å². The Morgan fingerprint density at radius 2 is 1.93 bits per heavy atom. The zero-order valence-corrected chi connectivity index (χ0v) is 24.3. The van der Waals surface area contributed by atoms with E-state index in [4.69, 9.17) is 18.6 Å². The molecule has 0 bridgehead atoms. The first kappa shape index (κ1) is 29.2. The number of allylic oxidation sites excluding steroid dienone is 1. The summed E-state index contributed by atoms with van der Waals surface area (Å²) in [4.78, 5) is 54.5. The first-order chi connectivity index (χ1) is 20.6. The number of fused-ring (bicyclic) bond motifs is 1. The number of rotatable bonds is 8. The molecule has 43 heavy (non-hydrogen) atoms. The summed E-state index contributed by atoms with van der Waals surface area (Å²) < 4.78 is 23.5. The highest BCUT2D eigenvalue weighted by atomic mass is 32.1. The summed E-state index contributed by atoms with van der Waals surface area (Å²) in [5.41, 5.74) is 0.772. The average molecular weight is 604 g/mol. The van der Waals surface area contributed by atoms with Crippen molar-refractivity contribution in [1.82, 2.24) is 4.57 Å². The number of ether oxygens (including phenoxy) is 3. The number of nitro groups is 1. The van der Waals surface area contributed by atoms with Crippen LogP contribution >= 0.6 is 11.3 Å². The van der Waals surface area contributed by atoms with Gasteiger partial charge in [-0.2, -0.15) is 0 Å². The number of benzene rings is 2. The van der Waals surface area contributed by atoms with Crippen molar-refractivity contribution in [1.29, 1.82) is 0 Å². The summed E-state index contributed by atoms with van der Waals surface area (Å²) >= 11 is 1.09. The number of nitrogens with zero attached hydrogens (tertiary/aromatic N) is 3. The van der Waals surface area contributed by atoms with Crippen molar-refractivity contribution >= 4 is 35.0 Å². The Balaban J connectivity index is 1.65. The van der Waals surface area contributed by atoms with Crippen LogP contribution < -0.4 is 24.4 Å².